The van der Waals surface area contributed by atoms with Crippen LogP contribution < -0.4 is 15.4 Å². The van der Waals surface area contributed by atoms with Crippen molar-refractivity contribution < 1.29 is 8.42 Å². The number of nitrogens with zero attached hydrogens (tertiary/aromatic N) is 1. The Morgan fingerprint density at radius 2 is 1.82 bits per heavy atom. The number of benzene rings is 1. The molecule has 0 spiro atoms. The molecule has 0 aromatic heterocycles. The first-order valence-corrected chi connectivity index (χ1v) is 6.36. The number of hydrogen-bond donors (Lipinski definition) is 2. The second kappa shape index (κ2) is 4.42. The number of rotatable bonds is 3. The second-order valence-corrected chi connectivity index (χ2v) is 5.07. The van der Waals surface area contributed by atoms with Crippen LogP contribution in [-0.4, -0.2) is 14.6 Å². The van der Waals surface area contributed by atoms with Crippen LogP contribution in [0.3, 0.4) is 0 Å². The number of nitrogens with two attached hydrogens (primary N) is 1. The maximum Gasteiger partial charge on any atom is 0.331 e. The maximum absolute atomic E-state index is 11.9. The van der Waals surface area contributed by atoms with Crippen LogP contribution in [0, 0.1) is 0 Å². The Hall–Kier alpha value is -2.08. The highest BCUT2D eigenvalue weighted by Crippen LogP contribution is 2.12. The van der Waals surface area contributed by atoms with Gasteiger partial charge in [0, 0.05) is 11.8 Å². The van der Waals surface area contributed by atoms with E-state index in [2.05, 4.69) is 9.71 Å². The van der Waals surface area contributed by atoms with Gasteiger partial charge in [0.05, 0.1) is 0 Å². The third kappa shape index (κ3) is 2.73. The van der Waals surface area contributed by atoms with E-state index in [1.54, 1.807) is 18.2 Å². The number of nitrogen functional groups attached to an aromatic ring is 1. The highest BCUT2D eigenvalue weighted by Gasteiger charge is 2.21. The average Bonchev–Trinajstić information content (AvgIpc) is 2.30. The molecule has 0 amide bonds. The van der Waals surface area contributed by atoms with Crippen LogP contribution in [0.5, 0.6) is 0 Å². The van der Waals surface area contributed by atoms with Gasteiger partial charge in [-0.1, -0.05) is 6.08 Å². The minimum atomic E-state index is -3.60. The third-order valence-corrected chi connectivity index (χ3v) is 3.46. The molecule has 1 aromatic rings. The molecule has 17 heavy (non-hydrogen) atoms. The molecule has 0 atom stereocenters. The molecular weight excluding hydrogens is 238 g/mol. The van der Waals surface area contributed by atoms with Crippen LogP contribution >= 0.6 is 0 Å². The Balaban J connectivity index is 2.25. The molecule has 1 radical (unpaired) electrons. The fourth-order valence-corrected chi connectivity index (χ4v) is 2.28. The van der Waals surface area contributed by atoms with Crippen molar-refractivity contribution in [3.63, 3.8) is 0 Å². The quantitative estimate of drug-likeness (QED) is 0.758. The van der Waals surface area contributed by atoms with Crippen molar-refractivity contribution in [3.05, 3.63) is 48.3 Å². The molecule has 0 saturated heterocycles. The molecule has 0 bridgehead atoms. The molecular formula is C11H11N3O2S+. The van der Waals surface area contributed by atoms with E-state index in [0.717, 1.165) is 0 Å². The van der Waals surface area contributed by atoms with Crippen molar-refractivity contribution in [2.75, 3.05) is 5.73 Å². The summed E-state index contributed by atoms with van der Waals surface area (Å²) < 4.78 is 26.2. The van der Waals surface area contributed by atoms with E-state index in [-0.39, 0.29) is 10.7 Å². The second-order valence-electron chi connectivity index (χ2n) is 3.39. The first-order chi connectivity index (χ1) is 8.08. The van der Waals surface area contributed by atoms with Crippen LogP contribution in [0.4, 0.5) is 5.69 Å². The minimum Gasteiger partial charge on any atom is -0.399 e. The molecule has 0 fully saturated rings. The summed E-state index contributed by atoms with van der Waals surface area (Å²) in [7, 11) is -3.60. The molecule has 0 saturated carbocycles. The molecule has 87 valence electrons. The van der Waals surface area contributed by atoms with Crippen LogP contribution in [0.2, 0.25) is 0 Å². The molecule has 5 nitrogen and oxygen atoms in total. The zero-order valence-corrected chi connectivity index (χ0v) is 9.68. The summed E-state index contributed by atoms with van der Waals surface area (Å²) >= 11 is 0. The van der Waals surface area contributed by atoms with Gasteiger partial charge in [0.2, 0.25) is 0 Å². The molecule has 1 aromatic carbocycles. The molecule has 1 aliphatic heterocycles. The van der Waals surface area contributed by atoms with Gasteiger partial charge in [0.25, 0.3) is 0 Å². The van der Waals surface area contributed by atoms with Crippen LogP contribution in [0.25, 0.3) is 0 Å². The standard InChI is InChI=1S/C11H11N3O2S/c12-9-4-6-10(7-5-9)17(15,16)14-11-3-1-2-8-13-11/h1-8,14H,12H2/q+1. The summed E-state index contributed by atoms with van der Waals surface area (Å²) in [6.07, 6.45) is 6.50. The van der Waals surface area contributed by atoms with E-state index in [9.17, 15) is 8.42 Å². The van der Waals surface area contributed by atoms with E-state index in [4.69, 9.17) is 5.73 Å². The maximum atomic E-state index is 11.9. The third-order valence-electron chi connectivity index (χ3n) is 2.09. The molecule has 1 heterocycles. The lowest BCUT2D eigenvalue weighted by molar-refractivity contribution is 0.587. The van der Waals surface area contributed by atoms with Gasteiger partial charge in [0.15, 0.2) is 0 Å². The fraction of sp³-hybridized carbons (Fsp3) is 0. The first-order valence-electron chi connectivity index (χ1n) is 4.87. The molecule has 6 heteroatoms. The Morgan fingerprint density at radius 3 is 2.41 bits per heavy atom. The number of aliphatic imine (C=N–C) groups is 1. The van der Waals surface area contributed by atoms with Crippen molar-refractivity contribution in [1.29, 1.82) is 0 Å². The number of anilines is 1. The summed E-state index contributed by atoms with van der Waals surface area (Å²) in [6, 6.07) is 5.96. The molecule has 0 aliphatic carbocycles. The summed E-state index contributed by atoms with van der Waals surface area (Å²) in [4.78, 5) is 4.04. The Bertz CT molecular complexity index is 598. The van der Waals surface area contributed by atoms with Gasteiger partial charge in [-0.15, -0.1) is 0 Å². The number of nitrogens with one attached hydrogen (secondary N) is 1. The Morgan fingerprint density at radius 1 is 1.12 bits per heavy atom. The predicted molar refractivity (Wildman–Crippen MR) is 66.6 cm³/mol. The van der Waals surface area contributed by atoms with Gasteiger partial charge in [-0.05, 0) is 35.3 Å². The van der Waals surface area contributed by atoms with Gasteiger partial charge < -0.3 is 5.73 Å². The van der Waals surface area contributed by atoms with Crippen molar-refractivity contribution in [2.24, 2.45) is 0 Å². The van der Waals surface area contributed by atoms with Crippen LogP contribution in [0.15, 0.2) is 53.2 Å². The van der Waals surface area contributed by atoms with Gasteiger partial charge in [-0.25, -0.2) is 0 Å². The smallest absolute Gasteiger partial charge is 0.331 e. The largest absolute Gasteiger partial charge is 0.399 e. The summed E-state index contributed by atoms with van der Waals surface area (Å²) in [5.41, 5.74) is 6.01. The number of sulfonamides is 1. The zero-order chi connectivity index (χ0) is 12.3. The van der Waals surface area contributed by atoms with E-state index in [1.807, 2.05) is 0 Å². The lowest BCUT2D eigenvalue weighted by atomic mass is 10.3. The topological polar surface area (TPSA) is 86.3 Å². The average molecular weight is 249 g/mol. The minimum absolute atomic E-state index is 0.150. The predicted octanol–water partition coefficient (Wildman–Crippen LogP) is 0.365. The van der Waals surface area contributed by atoms with E-state index in [1.165, 1.54) is 30.5 Å². The monoisotopic (exact) mass is 249 g/mol. The van der Waals surface area contributed by atoms with Crippen LogP contribution in [0.1, 0.15) is 0 Å². The molecule has 2 rings (SSSR count). The highest BCUT2D eigenvalue weighted by molar-refractivity contribution is 7.89. The van der Waals surface area contributed by atoms with Gasteiger partial charge in [-0.2, -0.15) is 13.1 Å². The highest BCUT2D eigenvalue weighted by atomic mass is 32.2. The van der Waals surface area contributed by atoms with Crippen molar-refractivity contribution in [1.82, 2.24) is 9.71 Å². The van der Waals surface area contributed by atoms with Crippen molar-refractivity contribution in [3.8, 4) is 0 Å². The van der Waals surface area contributed by atoms with Crippen molar-refractivity contribution in [2.45, 2.75) is 4.90 Å². The van der Waals surface area contributed by atoms with E-state index >= 15 is 0 Å². The summed E-state index contributed by atoms with van der Waals surface area (Å²) in [6.45, 7) is 0. The first kappa shape index (κ1) is 11.4. The van der Waals surface area contributed by atoms with Gasteiger partial charge in [-0.3, -0.25) is 0 Å². The molecule has 1 aliphatic rings. The number of allylic oxidation sites excluding steroid dienone is 3. The molecule has 0 unspecified atom stereocenters. The normalized spacial score (nSPS) is 14.5. The number of hydrogen-bond acceptors (Lipinski definition) is 4. The Labute approximate surface area is 99.4 Å². The lowest BCUT2D eigenvalue weighted by Gasteiger charge is -2.01. The van der Waals surface area contributed by atoms with Gasteiger partial charge >= 0.3 is 15.8 Å². The Kier molecular flexibility index (Phi) is 2.97. The summed E-state index contributed by atoms with van der Waals surface area (Å²) in [5, 5.41) is 0. The van der Waals surface area contributed by atoms with Gasteiger partial charge in [0.1, 0.15) is 11.1 Å². The molecule has 3 N–H and O–H groups in total. The summed E-state index contributed by atoms with van der Waals surface area (Å²) in [5.74, 6) is 0.282. The van der Waals surface area contributed by atoms with E-state index in [0.29, 0.717) is 5.69 Å². The van der Waals surface area contributed by atoms with Crippen molar-refractivity contribution >= 4 is 21.9 Å². The van der Waals surface area contributed by atoms with E-state index < -0.39 is 10.0 Å². The zero-order valence-electron chi connectivity index (χ0n) is 8.87. The SMILES string of the molecule is Nc1ccc(S(=O)(=O)NC2=CC=CC=[N+]2)cc1. The fourth-order valence-electron chi connectivity index (χ4n) is 1.27. The lowest BCUT2D eigenvalue weighted by Crippen LogP contribution is -2.26. The van der Waals surface area contributed by atoms with Crippen LogP contribution in [-0.2, 0) is 10.0 Å².